The lowest BCUT2D eigenvalue weighted by Gasteiger charge is -2.42. The second-order valence-corrected chi connectivity index (χ2v) is 9.20. The molecule has 1 aromatic heterocycles. The molecule has 0 saturated carbocycles. The molecule has 2 unspecified atom stereocenters. The molecule has 2 aliphatic heterocycles. The first-order valence-corrected chi connectivity index (χ1v) is 10.9. The number of halogens is 2. The zero-order valence-electron chi connectivity index (χ0n) is 17.4. The van der Waals surface area contributed by atoms with Crippen LogP contribution in [-0.4, -0.2) is 29.2 Å². The maximum absolute atomic E-state index is 6.02. The van der Waals surface area contributed by atoms with E-state index >= 15 is 0 Å². The van der Waals surface area contributed by atoms with Crippen molar-refractivity contribution >= 4 is 24.0 Å². The third-order valence-corrected chi connectivity index (χ3v) is 7.23. The Bertz CT molecular complexity index is 983. The smallest absolute Gasteiger partial charge is 0.142 e. The molecule has 2 bridgehead atoms. The van der Waals surface area contributed by atoms with Gasteiger partial charge in [0.2, 0.25) is 0 Å². The molecule has 5 heteroatoms. The van der Waals surface area contributed by atoms with Gasteiger partial charge in [-0.05, 0) is 62.4 Å². The van der Waals surface area contributed by atoms with Crippen LogP contribution in [0.5, 0.6) is 0 Å². The summed E-state index contributed by atoms with van der Waals surface area (Å²) in [5.74, 6) is 1.88. The van der Waals surface area contributed by atoms with Gasteiger partial charge in [-0.3, -0.25) is 4.90 Å². The van der Waals surface area contributed by atoms with Crippen LogP contribution in [0.25, 0.3) is 0 Å². The molecule has 0 N–H and O–H groups in total. The Morgan fingerprint density at radius 3 is 2.53 bits per heavy atom. The lowest BCUT2D eigenvalue weighted by Crippen LogP contribution is -2.44. The van der Waals surface area contributed by atoms with E-state index in [0.717, 1.165) is 22.9 Å². The van der Waals surface area contributed by atoms with Crippen LogP contribution in [0.2, 0.25) is 5.02 Å². The molecule has 2 saturated heterocycles. The lowest BCUT2D eigenvalue weighted by molar-refractivity contribution is 0.122. The molecule has 0 radical (unpaired) electrons. The van der Waals surface area contributed by atoms with Gasteiger partial charge in [0.25, 0.3) is 0 Å². The first-order chi connectivity index (χ1) is 14.1. The molecule has 3 nitrogen and oxygen atoms in total. The maximum atomic E-state index is 6.02. The third-order valence-electron chi connectivity index (χ3n) is 6.98. The minimum Gasteiger partial charge on any atom is -0.361 e. The molecule has 0 spiro atoms. The quantitative estimate of drug-likeness (QED) is 0.468. The van der Waals surface area contributed by atoms with Gasteiger partial charge in [0.1, 0.15) is 5.76 Å². The molecule has 3 heterocycles. The van der Waals surface area contributed by atoms with E-state index in [-0.39, 0.29) is 12.4 Å². The summed E-state index contributed by atoms with van der Waals surface area (Å²) in [4.78, 5) is 2.58. The highest BCUT2D eigenvalue weighted by atomic mass is 35.5. The van der Waals surface area contributed by atoms with Crippen molar-refractivity contribution in [1.82, 2.24) is 10.1 Å². The van der Waals surface area contributed by atoms with Gasteiger partial charge in [-0.1, -0.05) is 58.7 Å². The fourth-order valence-electron chi connectivity index (χ4n) is 5.39. The second-order valence-electron chi connectivity index (χ2n) is 8.77. The van der Waals surface area contributed by atoms with Crippen molar-refractivity contribution in [3.63, 3.8) is 0 Å². The van der Waals surface area contributed by atoms with Crippen LogP contribution in [0.3, 0.4) is 0 Å². The van der Waals surface area contributed by atoms with Crippen LogP contribution < -0.4 is 0 Å². The van der Waals surface area contributed by atoms with E-state index in [0.29, 0.717) is 23.9 Å². The molecule has 0 aliphatic carbocycles. The Hall–Kier alpha value is -1.81. The van der Waals surface area contributed by atoms with Crippen molar-refractivity contribution in [2.45, 2.75) is 56.5 Å². The van der Waals surface area contributed by atoms with E-state index in [9.17, 15) is 0 Å². The number of fused-ring (bicyclic) bond motifs is 2. The molecule has 3 aromatic rings. The zero-order valence-corrected chi connectivity index (χ0v) is 19.0. The van der Waals surface area contributed by atoms with Gasteiger partial charge in [-0.15, -0.1) is 12.4 Å². The SMILES string of the molecule is Cc1ccc([C@H]2CC3CCC([C@H]2c2cc(Cc4ccc(Cl)cc4)no2)N3C)cc1.Cl. The van der Waals surface area contributed by atoms with Crippen molar-refractivity contribution in [1.29, 1.82) is 0 Å². The van der Waals surface area contributed by atoms with Gasteiger partial charge in [-0.2, -0.15) is 0 Å². The summed E-state index contributed by atoms with van der Waals surface area (Å²) in [6, 6.07) is 20.5. The number of hydrogen-bond donors (Lipinski definition) is 0. The van der Waals surface area contributed by atoms with Gasteiger partial charge in [-0.25, -0.2) is 0 Å². The average Bonchev–Trinajstić information content (AvgIpc) is 3.26. The summed E-state index contributed by atoms with van der Waals surface area (Å²) < 4.78 is 5.97. The second kappa shape index (κ2) is 8.74. The van der Waals surface area contributed by atoms with Gasteiger partial charge in [0, 0.05) is 35.5 Å². The van der Waals surface area contributed by atoms with E-state index < -0.39 is 0 Å². The van der Waals surface area contributed by atoms with Crippen molar-refractivity contribution in [2.24, 2.45) is 0 Å². The number of aryl methyl sites for hydroxylation is 1. The molecule has 0 amide bonds. The number of hydrogen-bond acceptors (Lipinski definition) is 3. The van der Waals surface area contributed by atoms with E-state index in [2.05, 4.69) is 66.5 Å². The molecular weight excluding hydrogens is 415 g/mol. The summed E-state index contributed by atoms with van der Waals surface area (Å²) in [6.45, 7) is 2.15. The van der Waals surface area contributed by atoms with Gasteiger partial charge in [0.05, 0.1) is 5.69 Å². The largest absolute Gasteiger partial charge is 0.361 e. The van der Waals surface area contributed by atoms with Crippen molar-refractivity contribution in [2.75, 3.05) is 7.05 Å². The lowest BCUT2D eigenvalue weighted by atomic mass is 9.74. The summed E-state index contributed by atoms with van der Waals surface area (Å²) in [7, 11) is 2.28. The van der Waals surface area contributed by atoms with Crippen LogP contribution in [-0.2, 0) is 6.42 Å². The van der Waals surface area contributed by atoms with Gasteiger partial charge in [0.15, 0.2) is 0 Å². The topological polar surface area (TPSA) is 29.3 Å². The molecule has 2 aromatic carbocycles. The Kier molecular flexibility index (Phi) is 6.24. The predicted molar refractivity (Wildman–Crippen MR) is 124 cm³/mol. The normalized spacial score (nSPS) is 25.8. The molecule has 4 atom stereocenters. The number of benzene rings is 2. The highest BCUT2D eigenvalue weighted by molar-refractivity contribution is 6.30. The molecule has 5 rings (SSSR count). The van der Waals surface area contributed by atoms with Gasteiger partial charge < -0.3 is 4.52 Å². The molecule has 2 aliphatic rings. The van der Waals surface area contributed by atoms with E-state index in [1.165, 1.54) is 36.0 Å². The highest BCUT2D eigenvalue weighted by Gasteiger charge is 2.48. The monoisotopic (exact) mass is 442 g/mol. The van der Waals surface area contributed by atoms with E-state index in [4.69, 9.17) is 16.1 Å². The number of aromatic nitrogens is 1. The summed E-state index contributed by atoms with van der Waals surface area (Å²) >= 11 is 6.02. The molecule has 30 heavy (non-hydrogen) atoms. The third kappa shape index (κ3) is 4.03. The van der Waals surface area contributed by atoms with Gasteiger partial charge >= 0.3 is 0 Å². The van der Waals surface area contributed by atoms with Crippen molar-refractivity contribution < 1.29 is 4.52 Å². The first-order valence-electron chi connectivity index (χ1n) is 10.6. The highest BCUT2D eigenvalue weighted by Crippen LogP contribution is 2.51. The Labute approximate surface area is 189 Å². The van der Waals surface area contributed by atoms with Crippen LogP contribution >= 0.6 is 24.0 Å². The Morgan fingerprint density at radius 1 is 1.07 bits per heavy atom. The van der Waals surface area contributed by atoms with Crippen LogP contribution in [0.15, 0.2) is 59.1 Å². The summed E-state index contributed by atoms with van der Waals surface area (Å²) in [6.07, 6.45) is 4.48. The number of rotatable bonds is 4. The van der Waals surface area contributed by atoms with E-state index in [1.54, 1.807) is 0 Å². The number of piperidine rings is 1. The fraction of sp³-hybridized carbons (Fsp3) is 0.400. The molecule has 158 valence electrons. The molecule has 2 fully saturated rings. The Balaban J connectivity index is 0.00000218. The van der Waals surface area contributed by atoms with Crippen LogP contribution in [0, 0.1) is 6.92 Å². The predicted octanol–water partition coefficient (Wildman–Crippen LogP) is 6.38. The van der Waals surface area contributed by atoms with E-state index in [1.807, 2.05) is 12.1 Å². The Morgan fingerprint density at radius 2 is 1.80 bits per heavy atom. The van der Waals surface area contributed by atoms with Crippen LogP contribution in [0.4, 0.5) is 0 Å². The number of likely N-dealkylation sites (N-methyl/N-ethyl adjacent to an activating group) is 1. The minimum absolute atomic E-state index is 0. The average molecular weight is 443 g/mol. The summed E-state index contributed by atoms with van der Waals surface area (Å²) in [5, 5.41) is 5.19. The van der Waals surface area contributed by atoms with Crippen molar-refractivity contribution in [3.8, 4) is 0 Å². The summed E-state index contributed by atoms with van der Waals surface area (Å²) in [5.41, 5.74) is 4.94. The number of nitrogens with zero attached hydrogens (tertiary/aromatic N) is 2. The maximum Gasteiger partial charge on any atom is 0.142 e. The minimum atomic E-state index is 0. The van der Waals surface area contributed by atoms with Crippen molar-refractivity contribution in [3.05, 3.63) is 87.8 Å². The standard InChI is InChI=1S/C25H27ClN2O.ClH/c1-16-3-7-18(8-4-16)22-15-21-11-12-23(28(21)2)25(22)24-14-20(27-29-24)13-17-5-9-19(26)10-6-17;/h3-10,14,21-23,25H,11-13,15H2,1-2H3;1H/t21?,22-,23?,25+;/m1./s1. The zero-order chi connectivity index (χ0) is 20.0. The fourth-order valence-corrected chi connectivity index (χ4v) is 5.52. The first kappa shape index (κ1) is 21.4. The molecular formula is C25H28Cl2N2O. The van der Waals surface area contributed by atoms with Crippen LogP contribution in [0.1, 0.15) is 59.2 Å².